The van der Waals surface area contributed by atoms with Crippen LogP contribution in [0, 0.1) is 20.8 Å². The van der Waals surface area contributed by atoms with Gasteiger partial charge in [0.15, 0.2) is 0 Å². The van der Waals surface area contributed by atoms with E-state index in [1.165, 1.54) is 21.6 Å². The van der Waals surface area contributed by atoms with Crippen molar-refractivity contribution in [2.24, 2.45) is 0 Å². The maximum atomic E-state index is 12.1. The molecule has 0 aliphatic carbocycles. The van der Waals surface area contributed by atoms with Crippen molar-refractivity contribution in [3.8, 4) is 0 Å². The molecule has 1 atom stereocenters. The van der Waals surface area contributed by atoms with Gasteiger partial charge >= 0.3 is 5.63 Å². The molecule has 3 nitrogen and oxygen atoms in total. The zero-order valence-corrected chi connectivity index (χ0v) is 17.2. The molecule has 0 spiro atoms. The largest absolute Gasteiger partial charge is 0.423 e. The standard InChI is InChI=1S/C24H23NO2S/c1-15-6-8-18(9-7-15)24(22-5-4-10-28-22)25-14-19-13-23(26)27-21-12-17(3)16(2)11-20(19)21/h4-13,24-25H,14H2,1-3H3/p+1/t24-/m0/s1. The monoisotopic (exact) mass is 390 g/mol. The molecule has 0 radical (unpaired) electrons. The Morgan fingerprint density at radius 3 is 2.46 bits per heavy atom. The first kappa shape index (κ1) is 18.7. The first-order valence-corrected chi connectivity index (χ1v) is 10.4. The second-order valence-electron chi connectivity index (χ2n) is 7.37. The molecule has 142 valence electrons. The lowest BCUT2D eigenvalue weighted by molar-refractivity contribution is -0.701. The molecule has 0 bridgehead atoms. The minimum Gasteiger partial charge on any atom is -0.423 e. The van der Waals surface area contributed by atoms with Gasteiger partial charge in [-0.3, -0.25) is 0 Å². The van der Waals surface area contributed by atoms with Gasteiger partial charge in [-0.25, -0.2) is 4.79 Å². The summed E-state index contributed by atoms with van der Waals surface area (Å²) in [6, 6.07) is 18.9. The number of benzene rings is 2. The summed E-state index contributed by atoms with van der Waals surface area (Å²) in [5.74, 6) is 0. The van der Waals surface area contributed by atoms with E-state index >= 15 is 0 Å². The predicted molar refractivity (Wildman–Crippen MR) is 115 cm³/mol. The Labute approximate surface area is 168 Å². The first-order chi connectivity index (χ1) is 13.5. The van der Waals surface area contributed by atoms with Crippen LogP contribution in [-0.2, 0) is 6.54 Å². The average molecular weight is 391 g/mol. The Morgan fingerprint density at radius 2 is 1.75 bits per heavy atom. The molecular weight excluding hydrogens is 366 g/mol. The number of thiophene rings is 1. The smallest absolute Gasteiger partial charge is 0.336 e. The van der Waals surface area contributed by atoms with E-state index < -0.39 is 0 Å². The van der Waals surface area contributed by atoms with Gasteiger partial charge in [0.2, 0.25) is 0 Å². The third kappa shape index (κ3) is 3.79. The van der Waals surface area contributed by atoms with Crippen LogP contribution in [0.25, 0.3) is 11.0 Å². The number of rotatable bonds is 5. The molecule has 0 unspecified atom stereocenters. The van der Waals surface area contributed by atoms with Crippen LogP contribution in [0.2, 0.25) is 0 Å². The van der Waals surface area contributed by atoms with Gasteiger partial charge in [-0.2, -0.15) is 0 Å². The molecule has 0 amide bonds. The van der Waals surface area contributed by atoms with Gasteiger partial charge < -0.3 is 9.73 Å². The molecule has 0 aliphatic heterocycles. The molecule has 2 N–H and O–H groups in total. The van der Waals surface area contributed by atoms with E-state index in [-0.39, 0.29) is 11.7 Å². The lowest BCUT2D eigenvalue weighted by atomic mass is 10.0. The highest BCUT2D eigenvalue weighted by Crippen LogP contribution is 2.24. The SMILES string of the molecule is Cc1ccc([C@H]([NH2+]Cc2cc(=O)oc3cc(C)c(C)cc23)c2cccs2)cc1. The fourth-order valence-corrected chi connectivity index (χ4v) is 4.41. The van der Waals surface area contributed by atoms with E-state index in [4.69, 9.17) is 4.42 Å². The van der Waals surface area contributed by atoms with Crippen LogP contribution >= 0.6 is 11.3 Å². The van der Waals surface area contributed by atoms with E-state index in [1.54, 1.807) is 17.4 Å². The van der Waals surface area contributed by atoms with Gasteiger partial charge in [-0.1, -0.05) is 35.9 Å². The fraction of sp³-hybridized carbons (Fsp3) is 0.208. The van der Waals surface area contributed by atoms with Gasteiger partial charge in [0.05, 0.1) is 4.88 Å². The van der Waals surface area contributed by atoms with Crippen LogP contribution < -0.4 is 10.9 Å². The number of aryl methyl sites for hydroxylation is 3. The lowest BCUT2D eigenvalue weighted by Crippen LogP contribution is -2.83. The zero-order valence-electron chi connectivity index (χ0n) is 16.4. The first-order valence-electron chi connectivity index (χ1n) is 9.48. The summed E-state index contributed by atoms with van der Waals surface area (Å²) < 4.78 is 5.45. The number of nitrogens with two attached hydrogens (primary N) is 1. The maximum absolute atomic E-state index is 12.1. The Morgan fingerprint density at radius 1 is 1.00 bits per heavy atom. The molecule has 4 rings (SSSR count). The Bertz CT molecular complexity index is 1160. The van der Waals surface area contributed by atoms with Crippen molar-refractivity contribution in [3.05, 3.63) is 103 Å². The van der Waals surface area contributed by atoms with E-state index in [1.807, 2.05) is 13.0 Å². The maximum Gasteiger partial charge on any atom is 0.336 e. The highest BCUT2D eigenvalue weighted by molar-refractivity contribution is 7.10. The number of fused-ring (bicyclic) bond motifs is 1. The van der Waals surface area contributed by atoms with Crippen molar-refractivity contribution >= 4 is 22.3 Å². The van der Waals surface area contributed by atoms with Gasteiger partial charge in [-0.15, -0.1) is 11.3 Å². The van der Waals surface area contributed by atoms with Gasteiger partial charge in [0, 0.05) is 22.6 Å². The van der Waals surface area contributed by atoms with E-state index in [0.717, 1.165) is 16.5 Å². The minimum absolute atomic E-state index is 0.203. The normalized spacial score (nSPS) is 12.4. The molecule has 0 saturated carbocycles. The fourth-order valence-electron chi connectivity index (χ4n) is 3.56. The molecule has 4 aromatic rings. The van der Waals surface area contributed by atoms with E-state index in [2.05, 4.69) is 67.0 Å². The quantitative estimate of drug-likeness (QED) is 0.505. The Kier molecular flexibility index (Phi) is 5.16. The van der Waals surface area contributed by atoms with E-state index in [9.17, 15) is 4.79 Å². The van der Waals surface area contributed by atoms with Crippen molar-refractivity contribution in [3.63, 3.8) is 0 Å². The van der Waals surface area contributed by atoms with Gasteiger partial charge in [0.1, 0.15) is 18.2 Å². The van der Waals surface area contributed by atoms with Gasteiger partial charge in [0.25, 0.3) is 0 Å². The summed E-state index contributed by atoms with van der Waals surface area (Å²) in [5.41, 5.74) is 6.26. The van der Waals surface area contributed by atoms with Crippen molar-refractivity contribution in [1.29, 1.82) is 0 Å². The lowest BCUT2D eigenvalue weighted by Gasteiger charge is -2.16. The molecule has 0 fully saturated rings. The summed E-state index contributed by atoms with van der Waals surface area (Å²) >= 11 is 1.76. The van der Waals surface area contributed by atoms with Gasteiger partial charge in [-0.05, 0) is 55.5 Å². The summed E-state index contributed by atoms with van der Waals surface area (Å²) in [7, 11) is 0. The topological polar surface area (TPSA) is 46.8 Å². The Balaban J connectivity index is 1.70. The molecule has 2 heterocycles. The highest BCUT2D eigenvalue weighted by atomic mass is 32.1. The van der Waals surface area contributed by atoms with Crippen LogP contribution in [-0.4, -0.2) is 0 Å². The molecule has 0 saturated heterocycles. The second-order valence-corrected chi connectivity index (χ2v) is 8.35. The van der Waals surface area contributed by atoms with Crippen molar-refractivity contribution in [1.82, 2.24) is 0 Å². The minimum atomic E-state index is -0.290. The highest BCUT2D eigenvalue weighted by Gasteiger charge is 2.19. The predicted octanol–water partition coefficient (Wildman–Crippen LogP) is 4.63. The summed E-state index contributed by atoms with van der Waals surface area (Å²) in [5, 5.41) is 5.44. The van der Waals surface area contributed by atoms with Crippen LogP contribution in [0.5, 0.6) is 0 Å². The third-order valence-corrected chi connectivity index (χ3v) is 6.26. The van der Waals surface area contributed by atoms with Crippen molar-refractivity contribution < 1.29 is 9.73 Å². The molecule has 2 aromatic heterocycles. The molecule has 28 heavy (non-hydrogen) atoms. The van der Waals surface area contributed by atoms with E-state index in [0.29, 0.717) is 12.1 Å². The number of quaternary nitrogens is 1. The zero-order chi connectivity index (χ0) is 19.7. The van der Waals surface area contributed by atoms with Crippen LogP contribution in [0.1, 0.15) is 38.7 Å². The summed E-state index contributed by atoms with van der Waals surface area (Å²) in [6.45, 7) is 6.94. The third-order valence-electron chi connectivity index (χ3n) is 5.30. The molecule has 4 heteroatoms. The second kappa shape index (κ2) is 7.74. The number of hydrogen-bond acceptors (Lipinski definition) is 3. The average Bonchev–Trinajstić information content (AvgIpc) is 3.19. The molecular formula is C24H24NO2S+. The van der Waals surface area contributed by atoms with Crippen molar-refractivity contribution in [2.75, 3.05) is 0 Å². The Hall–Kier alpha value is -2.69. The molecule has 2 aromatic carbocycles. The van der Waals surface area contributed by atoms with Crippen LogP contribution in [0.15, 0.2) is 69.2 Å². The summed E-state index contributed by atoms with van der Waals surface area (Å²) in [4.78, 5) is 13.4. The van der Waals surface area contributed by atoms with Crippen LogP contribution in [0.4, 0.5) is 0 Å². The number of hydrogen-bond donors (Lipinski definition) is 1. The van der Waals surface area contributed by atoms with Crippen LogP contribution in [0.3, 0.4) is 0 Å². The van der Waals surface area contributed by atoms with Crippen molar-refractivity contribution in [2.45, 2.75) is 33.4 Å². The summed E-state index contributed by atoms with van der Waals surface area (Å²) in [6.07, 6.45) is 0. The molecule has 0 aliphatic rings.